The summed E-state index contributed by atoms with van der Waals surface area (Å²) in [5.41, 5.74) is 1.08. The average Bonchev–Trinajstić information content (AvgIpc) is 2.95. The highest BCUT2D eigenvalue weighted by atomic mass is 79.9. The number of amides is 1. The molecule has 0 fully saturated rings. The fourth-order valence-corrected chi connectivity index (χ4v) is 2.52. The lowest BCUT2D eigenvalue weighted by atomic mass is 10.3. The number of thiophene rings is 1. The Labute approximate surface area is 111 Å². The maximum Gasteiger partial charge on any atom is 0.244 e. The van der Waals surface area contributed by atoms with Crippen LogP contribution in [0.4, 0.5) is 0 Å². The van der Waals surface area contributed by atoms with Crippen LogP contribution in [0, 0.1) is 0 Å². The van der Waals surface area contributed by atoms with Crippen LogP contribution in [0.2, 0.25) is 0 Å². The van der Waals surface area contributed by atoms with E-state index in [1.165, 1.54) is 17.3 Å². The molecule has 0 spiro atoms. The fourth-order valence-electron chi connectivity index (χ4n) is 1.31. The van der Waals surface area contributed by atoms with Crippen molar-refractivity contribution < 1.29 is 4.79 Å². The van der Waals surface area contributed by atoms with Crippen LogP contribution in [0.5, 0.6) is 0 Å². The van der Waals surface area contributed by atoms with Crippen molar-refractivity contribution in [2.45, 2.75) is 19.5 Å². The van der Waals surface area contributed by atoms with Crippen molar-refractivity contribution in [1.82, 2.24) is 20.1 Å². The molecule has 0 aromatic carbocycles. The van der Waals surface area contributed by atoms with E-state index in [9.17, 15) is 4.79 Å². The molecule has 0 aliphatic rings. The lowest BCUT2D eigenvalue weighted by Crippen LogP contribution is -2.30. The molecule has 0 saturated carbocycles. The van der Waals surface area contributed by atoms with E-state index in [-0.39, 0.29) is 11.9 Å². The van der Waals surface area contributed by atoms with Crippen LogP contribution in [0.3, 0.4) is 0 Å². The zero-order valence-corrected chi connectivity index (χ0v) is 11.5. The molecule has 2 aromatic rings. The Balaban J connectivity index is 1.89. The van der Waals surface area contributed by atoms with Gasteiger partial charge in [0.2, 0.25) is 5.91 Å². The van der Waals surface area contributed by atoms with Crippen LogP contribution < -0.4 is 5.32 Å². The molecule has 0 bridgehead atoms. The summed E-state index contributed by atoms with van der Waals surface area (Å²) in [5, 5.41) is 8.80. The summed E-state index contributed by atoms with van der Waals surface area (Å²) in [6, 6.07) is 1.64. The molecule has 0 unspecified atom stereocenters. The summed E-state index contributed by atoms with van der Waals surface area (Å²) in [6.07, 6.45) is 2.95. The van der Waals surface area contributed by atoms with Crippen molar-refractivity contribution in [2.75, 3.05) is 0 Å². The number of hydrogen-bond donors (Lipinski definition) is 1. The van der Waals surface area contributed by atoms with Crippen molar-refractivity contribution in [3.63, 3.8) is 0 Å². The highest BCUT2D eigenvalue weighted by Gasteiger charge is 2.14. The molecule has 90 valence electrons. The van der Waals surface area contributed by atoms with Gasteiger partial charge in [-0.15, -0.1) is 11.3 Å². The molecule has 0 radical (unpaired) electrons. The van der Waals surface area contributed by atoms with Crippen molar-refractivity contribution in [1.29, 1.82) is 0 Å². The highest BCUT2D eigenvalue weighted by Crippen LogP contribution is 2.20. The van der Waals surface area contributed by atoms with Crippen molar-refractivity contribution in [2.24, 2.45) is 0 Å². The maximum absolute atomic E-state index is 11.8. The first-order valence-electron chi connectivity index (χ1n) is 5.01. The zero-order chi connectivity index (χ0) is 12.3. The van der Waals surface area contributed by atoms with Gasteiger partial charge in [-0.3, -0.25) is 4.79 Å². The summed E-state index contributed by atoms with van der Waals surface area (Å²) in [4.78, 5) is 15.6. The van der Waals surface area contributed by atoms with Crippen LogP contribution in [-0.4, -0.2) is 20.7 Å². The van der Waals surface area contributed by atoms with Crippen LogP contribution >= 0.6 is 27.3 Å². The predicted octanol–water partition coefficient (Wildman–Crippen LogP) is 1.98. The van der Waals surface area contributed by atoms with E-state index in [0.29, 0.717) is 6.54 Å². The van der Waals surface area contributed by atoms with E-state index < -0.39 is 0 Å². The third-order valence-corrected chi connectivity index (χ3v) is 3.85. The molecular formula is C10H11BrN4OS. The minimum absolute atomic E-state index is 0.0715. The summed E-state index contributed by atoms with van der Waals surface area (Å²) >= 11 is 4.98. The van der Waals surface area contributed by atoms with E-state index >= 15 is 0 Å². The Hall–Kier alpha value is -1.21. The van der Waals surface area contributed by atoms with Gasteiger partial charge in [0.15, 0.2) is 0 Å². The molecule has 2 aromatic heterocycles. The Morgan fingerprint density at radius 1 is 1.71 bits per heavy atom. The lowest BCUT2D eigenvalue weighted by Gasteiger charge is -2.11. The van der Waals surface area contributed by atoms with E-state index in [1.54, 1.807) is 18.3 Å². The number of nitrogens with one attached hydrogen (secondary N) is 1. The van der Waals surface area contributed by atoms with Gasteiger partial charge in [-0.2, -0.15) is 5.10 Å². The zero-order valence-electron chi connectivity index (χ0n) is 9.13. The summed E-state index contributed by atoms with van der Waals surface area (Å²) in [5.74, 6) is -0.0715. The van der Waals surface area contributed by atoms with Gasteiger partial charge in [0.05, 0.1) is 3.79 Å². The van der Waals surface area contributed by atoms with Gasteiger partial charge < -0.3 is 5.32 Å². The Morgan fingerprint density at radius 2 is 2.53 bits per heavy atom. The van der Waals surface area contributed by atoms with Gasteiger partial charge in [-0.1, -0.05) is 0 Å². The number of nitrogens with zero attached hydrogens (tertiary/aromatic N) is 3. The van der Waals surface area contributed by atoms with E-state index in [4.69, 9.17) is 0 Å². The van der Waals surface area contributed by atoms with Crippen LogP contribution in [0.15, 0.2) is 27.9 Å². The largest absolute Gasteiger partial charge is 0.350 e. The Morgan fingerprint density at radius 3 is 3.12 bits per heavy atom. The molecular weight excluding hydrogens is 304 g/mol. The number of rotatable bonds is 4. The van der Waals surface area contributed by atoms with E-state index in [1.807, 2.05) is 11.4 Å². The molecule has 5 nitrogen and oxygen atoms in total. The average molecular weight is 315 g/mol. The Kier molecular flexibility index (Phi) is 3.90. The minimum atomic E-state index is -0.348. The molecule has 17 heavy (non-hydrogen) atoms. The maximum atomic E-state index is 11.8. The second-order valence-electron chi connectivity index (χ2n) is 3.53. The third-order valence-electron chi connectivity index (χ3n) is 2.30. The first kappa shape index (κ1) is 12.3. The SMILES string of the molecule is C[C@H](C(=O)NCc1csc(Br)c1)n1cncn1. The molecule has 1 N–H and O–H groups in total. The number of carbonyl (C=O) groups excluding carboxylic acids is 1. The molecule has 2 heterocycles. The third kappa shape index (κ3) is 3.13. The first-order chi connectivity index (χ1) is 8.16. The summed E-state index contributed by atoms with van der Waals surface area (Å²) in [7, 11) is 0. The van der Waals surface area contributed by atoms with Gasteiger partial charge in [-0.25, -0.2) is 9.67 Å². The topological polar surface area (TPSA) is 59.8 Å². The number of halogens is 1. The van der Waals surface area contributed by atoms with E-state index in [0.717, 1.165) is 9.35 Å². The van der Waals surface area contributed by atoms with Gasteiger partial charge in [-0.05, 0) is 39.9 Å². The first-order valence-corrected chi connectivity index (χ1v) is 6.69. The molecule has 2 rings (SSSR count). The second-order valence-corrected chi connectivity index (χ2v) is 5.82. The standard InChI is InChI=1S/C10H11BrN4OS/c1-7(15-6-12-5-14-15)10(16)13-3-8-2-9(11)17-4-8/h2,4-7H,3H2,1H3,(H,13,16)/t7-/m1/s1. The molecule has 0 aliphatic heterocycles. The second kappa shape index (κ2) is 5.42. The molecule has 0 aliphatic carbocycles. The van der Waals surface area contributed by atoms with Gasteiger partial charge in [0.1, 0.15) is 18.7 Å². The molecule has 1 amide bonds. The fraction of sp³-hybridized carbons (Fsp3) is 0.300. The number of carbonyl (C=O) groups is 1. The number of hydrogen-bond acceptors (Lipinski definition) is 4. The van der Waals surface area contributed by atoms with Crippen molar-refractivity contribution in [3.8, 4) is 0 Å². The Bertz CT molecular complexity index is 496. The van der Waals surface area contributed by atoms with Crippen LogP contribution in [-0.2, 0) is 11.3 Å². The lowest BCUT2D eigenvalue weighted by molar-refractivity contribution is -0.124. The van der Waals surface area contributed by atoms with E-state index in [2.05, 4.69) is 31.3 Å². The quantitative estimate of drug-likeness (QED) is 0.938. The molecule has 1 atom stereocenters. The highest BCUT2D eigenvalue weighted by molar-refractivity contribution is 9.11. The molecule has 7 heteroatoms. The van der Waals surface area contributed by atoms with Gasteiger partial charge in [0, 0.05) is 6.54 Å². The van der Waals surface area contributed by atoms with Crippen molar-refractivity contribution >= 4 is 33.2 Å². The molecule has 0 saturated heterocycles. The normalized spacial score (nSPS) is 12.4. The van der Waals surface area contributed by atoms with Crippen LogP contribution in [0.25, 0.3) is 0 Å². The van der Waals surface area contributed by atoms with Crippen LogP contribution in [0.1, 0.15) is 18.5 Å². The van der Waals surface area contributed by atoms with Crippen molar-refractivity contribution in [3.05, 3.63) is 33.5 Å². The summed E-state index contributed by atoms with van der Waals surface area (Å²) < 4.78 is 2.59. The predicted molar refractivity (Wildman–Crippen MR) is 68.6 cm³/mol. The smallest absolute Gasteiger partial charge is 0.244 e. The minimum Gasteiger partial charge on any atom is -0.350 e. The number of aromatic nitrogens is 3. The van der Waals surface area contributed by atoms with Gasteiger partial charge in [0.25, 0.3) is 0 Å². The summed E-state index contributed by atoms with van der Waals surface area (Å²) in [6.45, 7) is 2.31. The van der Waals surface area contributed by atoms with Gasteiger partial charge >= 0.3 is 0 Å². The monoisotopic (exact) mass is 314 g/mol.